The molecule has 2 aromatic rings. The van der Waals surface area contributed by atoms with Gasteiger partial charge in [0, 0.05) is 38.6 Å². The molecule has 0 unspecified atom stereocenters. The van der Waals surface area contributed by atoms with E-state index >= 15 is 0 Å². The molecule has 0 bridgehead atoms. The van der Waals surface area contributed by atoms with Gasteiger partial charge in [-0.2, -0.15) is 0 Å². The number of fused-ring (bicyclic) bond motifs is 2. The second-order valence-corrected chi connectivity index (χ2v) is 8.33. The lowest BCUT2D eigenvalue weighted by Crippen LogP contribution is -2.81. The van der Waals surface area contributed by atoms with E-state index in [4.69, 9.17) is 4.42 Å². The maximum atomic E-state index is 13.5. The maximum absolute atomic E-state index is 13.5. The Morgan fingerprint density at radius 2 is 1.93 bits per heavy atom. The Morgan fingerprint density at radius 1 is 1.17 bits per heavy atom. The second kappa shape index (κ2) is 6.76. The summed E-state index contributed by atoms with van der Waals surface area (Å²) in [5.41, 5.74) is 0.375. The van der Waals surface area contributed by atoms with Crippen molar-refractivity contribution in [3.63, 3.8) is 0 Å². The van der Waals surface area contributed by atoms with Crippen LogP contribution in [0.2, 0.25) is 0 Å². The number of rotatable bonds is 4. The summed E-state index contributed by atoms with van der Waals surface area (Å²) in [6.07, 6.45) is 3.30. The second-order valence-electron chi connectivity index (χ2n) is 8.33. The third kappa shape index (κ3) is 2.99. The number of piperazine rings is 1. The van der Waals surface area contributed by atoms with Crippen LogP contribution in [0.4, 0.5) is 0 Å². The smallest absolute Gasteiger partial charge is 0.252 e. The molecule has 3 saturated heterocycles. The van der Waals surface area contributed by atoms with Crippen LogP contribution in [0.15, 0.2) is 41.1 Å². The first-order chi connectivity index (χ1) is 14.0. The Kier molecular flexibility index (Phi) is 4.31. The van der Waals surface area contributed by atoms with Crippen LogP contribution >= 0.6 is 0 Å². The van der Waals surface area contributed by atoms with Gasteiger partial charge in [-0.15, -0.1) is 0 Å². The van der Waals surface area contributed by atoms with Crippen molar-refractivity contribution in [2.75, 3.05) is 19.6 Å². The van der Waals surface area contributed by atoms with Gasteiger partial charge in [0.25, 0.3) is 5.91 Å². The van der Waals surface area contributed by atoms with Crippen molar-refractivity contribution in [1.29, 1.82) is 0 Å². The van der Waals surface area contributed by atoms with Gasteiger partial charge in [-0.05, 0) is 43.2 Å². The molecule has 0 saturated carbocycles. The van der Waals surface area contributed by atoms with Crippen molar-refractivity contribution >= 4 is 11.8 Å². The minimum absolute atomic E-state index is 0.137. The number of aliphatic hydroxyl groups is 1. The maximum Gasteiger partial charge on any atom is 0.252 e. The van der Waals surface area contributed by atoms with Crippen molar-refractivity contribution in [3.8, 4) is 0 Å². The van der Waals surface area contributed by atoms with Gasteiger partial charge in [0.05, 0.1) is 18.7 Å². The number of aromatic nitrogens is 1. The van der Waals surface area contributed by atoms with E-state index < -0.39 is 17.7 Å². The Labute approximate surface area is 168 Å². The average Bonchev–Trinajstić information content (AvgIpc) is 3.27. The van der Waals surface area contributed by atoms with E-state index in [1.54, 1.807) is 18.5 Å². The highest BCUT2D eigenvalue weighted by Gasteiger charge is 2.64. The van der Waals surface area contributed by atoms with Crippen LogP contribution in [0.1, 0.15) is 23.5 Å². The number of imide groups is 1. The number of carbonyl (C=O) groups excluding carboxylic acids is 2. The predicted molar refractivity (Wildman–Crippen MR) is 102 cm³/mol. The van der Waals surface area contributed by atoms with Crippen molar-refractivity contribution in [2.45, 2.75) is 44.1 Å². The molecule has 2 atom stereocenters. The number of aliphatic hydroxyl groups excluding tert-OH is 1. The molecule has 0 aromatic carbocycles. The highest BCUT2D eigenvalue weighted by atomic mass is 16.3. The van der Waals surface area contributed by atoms with Crippen LogP contribution in [0.5, 0.6) is 0 Å². The largest absolute Gasteiger partial charge is 0.464 e. The number of hydrogen-bond donors (Lipinski definition) is 1. The number of carbonyl (C=O) groups is 2. The molecule has 8 nitrogen and oxygen atoms in total. The molecule has 29 heavy (non-hydrogen) atoms. The molecule has 3 fully saturated rings. The summed E-state index contributed by atoms with van der Waals surface area (Å²) in [5.74, 6) is 0.919. The van der Waals surface area contributed by atoms with E-state index in [1.807, 2.05) is 30.0 Å². The van der Waals surface area contributed by atoms with Gasteiger partial charge in [0.15, 0.2) is 0 Å². The van der Waals surface area contributed by atoms with Crippen LogP contribution in [0, 0.1) is 6.92 Å². The number of furan rings is 1. The quantitative estimate of drug-likeness (QED) is 0.755. The summed E-state index contributed by atoms with van der Waals surface area (Å²) in [6, 6.07) is 7.10. The zero-order chi connectivity index (χ0) is 20.2. The van der Waals surface area contributed by atoms with E-state index in [0.717, 1.165) is 17.9 Å². The van der Waals surface area contributed by atoms with Gasteiger partial charge >= 0.3 is 0 Å². The Balaban J connectivity index is 1.39. The summed E-state index contributed by atoms with van der Waals surface area (Å²) >= 11 is 0. The number of amides is 2. The topological polar surface area (TPSA) is 90.1 Å². The van der Waals surface area contributed by atoms with Gasteiger partial charge in [-0.3, -0.25) is 29.3 Å². The van der Waals surface area contributed by atoms with Crippen LogP contribution in [-0.4, -0.2) is 73.9 Å². The molecule has 1 spiro atoms. The number of pyridine rings is 1. The number of aryl methyl sites for hydroxylation is 1. The van der Waals surface area contributed by atoms with Crippen LogP contribution < -0.4 is 0 Å². The number of likely N-dealkylation sites (tertiary alicyclic amines) is 1. The van der Waals surface area contributed by atoms with Gasteiger partial charge in [0.1, 0.15) is 17.1 Å². The molecular formula is C21H24N4O4. The lowest BCUT2D eigenvalue weighted by atomic mass is 9.82. The predicted octanol–water partition coefficient (Wildman–Crippen LogP) is 0.542. The fourth-order valence-electron chi connectivity index (χ4n) is 4.92. The first-order valence-electron chi connectivity index (χ1n) is 9.93. The van der Waals surface area contributed by atoms with Gasteiger partial charge in [-0.25, -0.2) is 0 Å². The molecule has 5 heterocycles. The minimum atomic E-state index is -0.759. The third-order valence-corrected chi connectivity index (χ3v) is 6.26. The fourth-order valence-corrected chi connectivity index (χ4v) is 4.92. The standard InChI is InChI=1S/C21H24N4O4/c1-14-2-3-17(29-14)11-24-19(27)18-8-16(26)10-25(18)21(20(24)28)12-23(13-21)9-15-4-6-22-7-5-15/h2-7,16,18,26H,8-13H2,1H3/t16-,18+/m1/s1. The average molecular weight is 396 g/mol. The van der Waals surface area contributed by atoms with Crippen molar-refractivity contribution in [3.05, 3.63) is 53.7 Å². The van der Waals surface area contributed by atoms with E-state index in [-0.39, 0.29) is 18.4 Å². The van der Waals surface area contributed by atoms with Crippen molar-refractivity contribution in [2.24, 2.45) is 0 Å². The van der Waals surface area contributed by atoms with Crippen molar-refractivity contribution in [1.82, 2.24) is 19.7 Å². The van der Waals surface area contributed by atoms with Crippen molar-refractivity contribution < 1.29 is 19.1 Å². The molecule has 2 amide bonds. The third-order valence-electron chi connectivity index (χ3n) is 6.26. The van der Waals surface area contributed by atoms with Crippen LogP contribution in [0.3, 0.4) is 0 Å². The molecule has 1 N–H and O–H groups in total. The number of nitrogens with zero attached hydrogens (tertiary/aromatic N) is 4. The Hall–Kier alpha value is -2.55. The molecule has 0 aliphatic carbocycles. The SMILES string of the molecule is Cc1ccc(CN2C(=O)[C@@H]3C[C@@H](O)CN3C3(CN(Cc4ccncc4)C3)C2=O)o1. The number of β-amino-alcohol motifs (C(OH)–C–C–N with tert-alkyl or cyclic N) is 1. The zero-order valence-corrected chi connectivity index (χ0v) is 16.3. The molecule has 152 valence electrons. The fraction of sp³-hybridized carbons (Fsp3) is 0.476. The summed E-state index contributed by atoms with van der Waals surface area (Å²) in [5, 5.41) is 10.2. The molecular weight excluding hydrogens is 372 g/mol. The highest BCUT2D eigenvalue weighted by Crippen LogP contribution is 2.41. The minimum Gasteiger partial charge on any atom is -0.464 e. The molecule has 5 rings (SSSR count). The first-order valence-corrected chi connectivity index (χ1v) is 9.93. The summed E-state index contributed by atoms with van der Waals surface area (Å²) in [7, 11) is 0. The van der Waals surface area contributed by atoms with E-state index in [1.165, 1.54) is 4.90 Å². The summed E-state index contributed by atoms with van der Waals surface area (Å²) < 4.78 is 5.61. The molecule has 2 aromatic heterocycles. The molecule has 8 heteroatoms. The van der Waals surface area contributed by atoms with Crippen LogP contribution in [0.25, 0.3) is 0 Å². The first kappa shape index (κ1) is 18.5. The number of hydrogen-bond acceptors (Lipinski definition) is 7. The summed E-state index contributed by atoms with van der Waals surface area (Å²) in [4.78, 5) is 36.1. The van der Waals surface area contributed by atoms with Gasteiger partial charge in [0.2, 0.25) is 5.91 Å². The summed E-state index contributed by atoms with van der Waals surface area (Å²) in [6.45, 7) is 4.14. The van der Waals surface area contributed by atoms with Gasteiger partial charge < -0.3 is 9.52 Å². The van der Waals surface area contributed by atoms with E-state index in [0.29, 0.717) is 31.8 Å². The lowest BCUT2D eigenvalue weighted by Gasteiger charge is -2.58. The Morgan fingerprint density at radius 3 is 2.62 bits per heavy atom. The van der Waals surface area contributed by atoms with E-state index in [2.05, 4.69) is 9.88 Å². The lowest BCUT2D eigenvalue weighted by molar-refractivity contribution is -0.181. The van der Waals surface area contributed by atoms with E-state index in [9.17, 15) is 14.7 Å². The van der Waals surface area contributed by atoms with Gasteiger partial charge in [-0.1, -0.05) is 0 Å². The Bertz CT molecular complexity index is 937. The molecule has 3 aliphatic heterocycles. The normalized spacial score (nSPS) is 26.8. The zero-order valence-electron chi connectivity index (χ0n) is 16.3. The molecule has 0 radical (unpaired) electrons. The highest BCUT2D eigenvalue weighted by molar-refractivity contribution is 6.06. The molecule has 3 aliphatic rings. The van der Waals surface area contributed by atoms with Crippen LogP contribution in [-0.2, 0) is 22.7 Å². The monoisotopic (exact) mass is 396 g/mol.